The van der Waals surface area contributed by atoms with Gasteiger partial charge < -0.3 is 9.73 Å². The number of rotatable bonds is 9. The first-order valence-corrected chi connectivity index (χ1v) is 11.9. The van der Waals surface area contributed by atoms with Gasteiger partial charge in [0.1, 0.15) is 5.76 Å². The minimum Gasteiger partial charge on any atom is -0.469 e. The minimum atomic E-state index is -0.315. The van der Waals surface area contributed by atoms with E-state index in [4.69, 9.17) is 4.42 Å². The van der Waals surface area contributed by atoms with Gasteiger partial charge in [-0.2, -0.15) is 0 Å². The number of nitrogens with zero attached hydrogens (tertiary/aromatic N) is 3. The molecule has 0 spiro atoms. The highest BCUT2D eigenvalue weighted by Gasteiger charge is 2.22. The van der Waals surface area contributed by atoms with Crippen LogP contribution in [0.1, 0.15) is 36.7 Å². The molecule has 2 aromatic carbocycles. The van der Waals surface area contributed by atoms with Crippen LogP contribution in [0.3, 0.4) is 0 Å². The molecule has 2 aromatic heterocycles. The van der Waals surface area contributed by atoms with Crippen LogP contribution in [0.15, 0.2) is 82.6 Å². The van der Waals surface area contributed by atoms with Gasteiger partial charge in [0, 0.05) is 6.54 Å². The molecule has 0 bridgehead atoms. The number of benzene rings is 2. The fraction of sp³-hybridized carbons (Fsp3) is 0.269. The number of nitrogens with one attached hydrogen (secondary N) is 1. The summed E-state index contributed by atoms with van der Waals surface area (Å²) in [4.78, 5) is 12.8. The Balaban J connectivity index is 1.49. The summed E-state index contributed by atoms with van der Waals surface area (Å²) in [5.41, 5.74) is 3.25. The quantitative estimate of drug-likeness (QED) is 0.343. The summed E-state index contributed by atoms with van der Waals surface area (Å²) in [6.07, 6.45) is 1.66. The molecule has 0 saturated carbocycles. The van der Waals surface area contributed by atoms with Crippen molar-refractivity contribution in [2.75, 3.05) is 6.54 Å². The van der Waals surface area contributed by atoms with Crippen LogP contribution in [0.4, 0.5) is 0 Å². The number of carbonyl (C=O) groups excluding carboxylic acids is 1. The predicted molar refractivity (Wildman–Crippen MR) is 131 cm³/mol. The molecule has 2 atom stereocenters. The van der Waals surface area contributed by atoms with Crippen molar-refractivity contribution in [2.45, 2.75) is 43.6 Å². The van der Waals surface area contributed by atoms with Gasteiger partial charge in [0.05, 0.1) is 23.6 Å². The minimum absolute atomic E-state index is 0.0157. The second-order valence-electron chi connectivity index (χ2n) is 8.09. The summed E-state index contributed by atoms with van der Waals surface area (Å²) in [6, 6.07) is 22.3. The molecule has 4 rings (SSSR count). The van der Waals surface area contributed by atoms with E-state index in [2.05, 4.69) is 46.7 Å². The van der Waals surface area contributed by atoms with Crippen LogP contribution >= 0.6 is 11.8 Å². The third-order valence-electron chi connectivity index (χ3n) is 5.60. The molecule has 4 aromatic rings. The SMILES string of the molecule is Cc1occc1-c1nnc(S[C@H](C)C(=O)NC[C@@H](C)c2ccccc2)n1Cc1ccccc1. The van der Waals surface area contributed by atoms with Crippen LogP contribution in [-0.2, 0) is 11.3 Å². The lowest BCUT2D eigenvalue weighted by atomic mass is 10.0. The van der Waals surface area contributed by atoms with Gasteiger partial charge in [-0.1, -0.05) is 79.3 Å². The van der Waals surface area contributed by atoms with Crippen LogP contribution in [-0.4, -0.2) is 32.5 Å². The third kappa shape index (κ3) is 5.54. The molecule has 0 aliphatic rings. The summed E-state index contributed by atoms with van der Waals surface area (Å²) >= 11 is 1.42. The van der Waals surface area contributed by atoms with E-state index in [0.717, 1.165) is 22.7 Å². The van der Waals surface area contributed by atoms with Gasteiger partial charge in [-0.25, -0.2) is 0 Å². The first-order chi connectivity index (χ1) is 16.0. The second kappa shape index (κ2) is 10.5. The Bertz CT molecular complexity index is 1190. The smallest absolute Gasteiger partial charge is 0.233 e. The lowest BCUT2D eigenvalue weighted by Crippen LogP contribution is -2.33. The summed E-state index contributed by atoms with van der Waals surface area (Å²) < 4.78 is 7.54. The van der Waals surface area contributed by atoms with Gasteiger partial charge in [-0.15, -0.1) is 10.2 Å². The molecule has 0 unspecified atom stereocenters. The van der Waals surface area contributed by atoms with Crippen molar-refractivity contribution in [2.24, 2.45) is 0 Å². The van der Waals surface area contributed by atoms with Crippen molar-refractivity contribution in [1.82, 2.24) is 20.1 Å². The van der Waals surface area contributed by atoms with Gasteiger partial charge in [-0.3, -0.25) is 9.36 Å². The summed E-state index contributed by atoms with van der Waals surface area (Å²) in [6.45, 7) is 7.12. The molecular weight excluding hydrogens is 432 g/mol. The number of hydrogen-bond acceptors (Lipinski definition) is 5. The van der Waals surface area contributed by atoms with Gasteiger partial charge in [0.15, 0.2) is 11.0 Å². The molecule has 0 aliphatic heterocycles. The number of aromatic nitrogens is 3. The van der Waals surface area contributed by atoms with Crippen molar-refractivity contribution in [1.29, 1.82) is 0 Å². The van der Waals surface area contributed by atoms with Crippen LogP contribution < -0.4 is 5.32 Å². The molecule has 33 heavy (non-hydrogen) atoms. The van der Waals surface area contributed by atoms with Gasteiger partial charge in [0.2, 0.25) is 5.91 Å². The second-order valence-corrected chi connectivity index (χ2v) is 9.39. The Morgan fingerprint density at radius 3 is 2.39 bits per heavy atom. The maximum absolute atomic E-state index is 12.8. The topological polar surface area (TPSA) is 72.9 Å². The van der Waals surface area contributed by atoms with Gasteiger partial charge in [0.25, 0.3) is 0 Å². The molecule has 1 amide bonds. The Morgan fingerprint density at radius 1 is 1.03 bits per heavy atom. The summed E-state index contributed by atoms with van der Waals surface area (Å²) in [7, 11) is 0. The molecule has 170 valence electrons. The Hall–Kier alpha value is -3.32. The van der Waals surface area contributed by atoms with E-state index in [9.17, 15) is 4.79 Å². The highest BCUT2D eigenvalue weighted by Crippen LogP contribution is 2.30. The normalized spacial score (nSPS) is 12.9. The maximum atomic E-state index is 12.8. The molecule has 0 fully saturated rings. The summed E-state index contributed by atoms with van der Waals surface area (Å²) in [5, 5.41) is 12.3. The van der Waals surface area contributed by atoms with Crippen molar-refractivity contribution in [3.63, 3.8) is 0 Å². The number of hydrogen-bond donors (Lipinski definition) is 1. The Labute approximate surface area is 198 Å². The monoisotopic (exact) mass is 460 g/mol. The number of amides is 1. The highest BCUT2D eigenvalue weighted by molar-refractivity contribution is 8.00. The molecule has 0 aliphatic carbocycles. The first kappa shape index (κ1) is 22.9. The Morgan fingerprint density at radius 2 is 1.73 bits per heavy atom. The zero-order valence-electron chi connectivity index (χ0n) is 19.1. The first-order valence-electron chi connectivity index (χ1n) is 11.0. The van der Waals surface area contributed by atoms with E-state index >= 15 is 0 Å². The van der Waals surface area contributed by atoms with Crippen molar-refractivity contribution in [3.8, 4) is 11.4 Å². The van der Waals surface area contributed by atoms with Crippen LogP contribution in [0.5, 0.6) is 0 Å². The molecule has 7 heteroatoms. The van der Waals surface area contributed by atoms with Crippen LogP contribution in [0.25, 0.3) is 11.4 Å². The average molecular weight is 461 g/mol. The fourth-order valence-corrected chi connectivity index (χ4v) is 4.48. The number of thioether (sulfide) groups is 1. The highest BCUT2D eigenvalue weighted by atomic mass is 32.2. The lowest BCUT2D eigenvalue weighted by molar-refractivity contribution is -0.120. The molecular formula is C26H28N4O2S. The van der Waals surface area contributed by atoms with Crippen molar-refractivity contribution >= 4 is 17.7 Å². The van der Waals surface area contributed by atoms with Crippen molar-refractivity contribution in [3.05, 3.63) is 89.9 Å². The van der Waals surface area contributed by atoms with E-state index in [1.54, 1.807) is 6.26 Å². The summed E-state index contributed by atoms with van der Waals surface area (Å²) in [5.74, 6) is 1.75. The van der Waals surface area contributed by atoms with Crippen LogP contribution in [0, 0.1) is 6.92 Å². The number of aryl methyl sites for hydroxylation is 1. The van der Waals surface area contributed by atoms with Crippen molar-refractivity contribution < 1.29 is 9.21 Å². The lowest BCUT2D eigenvalue weighted by Gasteiger charge is -2.16. The molecule has 0 saturated heterocycles. The maximum Gasteiger partial charge on any atom is 0.233 e. The fourth-order valence-electron chi connectivity index (χ4n) is 3.61. The van der Waals surface area contributed by atoms with Gasteiger partial charge >= 0.3 is 0 Å². The van der Waals surface area contributed by atoms with E-state index < -0.39 is 0 Å². The number of carbonyl (C=O) groups is 1. The molecule has 1 N–H and O–H groups in total. The largest absolute Gasteiger partial charge is 0.469 e. The molecule has 6 nitrogen and oxygen atoms in total. The Kier molecular flexibility index (Phi) is 7.29. The molecule has 0 radical (unpaired) electrons. The van der Waals surface area contributed by atoms with E-state index in [1.807, 2.05) is 60.9 Å². The van der Waals surface area contributed by atoms with E-state index in [-0.39, 0.29) is 17.1 Å². The van der Waals surface area contributed by atoms with E-state index in [0.29, 0.717) is 18.2 Å². The predicted octanol–water partition coefficient (Wildman–Crippen LogP) is 5.30. The zero-order valence-corrected chi connectivity index (χ0v) is 19.9. The standard InChI is InChI=1S/C26H28N4O2S/c1-18(22-12-8-5-9-13-22)16-27-25(31)20(3)33-26-29-28-24(23-14-15-32-19(23)2)30(26)17-21-10-6-4-7-11-21/h4-15,18,20H,16-17H2,1-3H3,(H,27,31)/t18-,20-/m1/s1. The zero-order chi connectivity index (χ0) is 23.2. The van der Waals surface area contributed by atoms with E-state index in [1.165, 1.54) is 17.3 Å². The average Bonchev–Trinajstić information content (AvgIpc) is 3.44. The number of furan rings is 1. The molecule has 2 heterocycles. The third-order valence-corrected chi connectivity index (χ3v) is 6.68. The van der Waals surface area contributed by atoms with Crippen LogP contribution in [0.2, 0.25) is 0 Å². The van der Waals surface area contributed by atoms with Gasteiger partial charge in [-0.05, 0) is 37.0 Å².